The zero-order chi connectivity index (χ0) is 16.4. The molecule has 1 aliphatic carbocycles. The Bertz CT molecular complexity index is 785. The molecule has 2 aromatic rings. The fourth-order valence-corrected chi connectivity index (χ4v) is 4.62. The summed E-state index contributed by atoms with van der Waals surface area (Å²) in [5.41, 5.74) is 0.949. The highest BCUT2D eigenvalue weighted by molar-refractivity contribution is 8.00. The van der Waals surface area contributed by atoms with Gasteiger partial charge in [0.15, 0.2) is 4.34 Å². The van der Waals surface area contributed by atoms with Crippen molar-refractivity contribution in [3.05, 3.63) is 29.8 Å². The molecule has 6 nitrogen and oxygen atoms in total. The van der Waals surface area contributed by atoms with Crippen LogP contribution in [0.1, 0.15) is 18.4 Å². The van der Waals surface area contributed by atoms with E-state index in [0.29, 0.717) is 16.7 Å². The van der Waals surface area contributed by atoms with Gasteiger partial charge in [-0.3, -0.25) is 0 Å². The summed E-state index contributed by atoms with van der Waals surface area (Å²) in [4.78, 5) is 0.314. The highest BCUT2D eigenvalue weighted by atomic mass is 32.2. The predicted molar refractivity (Wildman–Crippen MR) is 93.4 cm³/mol. The van der Waals surface area contributed by atoms with Crippen molar-refractivity contribution in [2.24, 2.45) is 0 Å². The van der Waals surface area contributed by atoms with Gasteiger partial charge in [-0.2, -0.15) is 0 Å². The minimum absolute atomic E-state index is 0.314. The predicted octanol–water partition coefficient (Wildman–Crippen LogP) is 2.66. The van der Waals surface area contributed by atoms with Gasteiger partial charge in [-0.1, -0.05) is 35.2 Å². The van der Waals surface area contributed by atoms with Gasteiger partial charge in [0, 0.05) is 25.9 Å². The number of aromatic nitrogens is 2. The summed E-state index contributed by atoms with van der Waals surface area (Å²) in [6.45, 7) is 0. The lowest BCUT2D eigenvalue weighted by Crippen LogP contribution is -2.22. The molecular weight excluding hydrogens is 352 g/mol. The molecule has 1 aromatic carbocycles. The standard InChI is InChI=1S/C14H18N4O2S3/c1-18(2)23(19,20)12-5-3-4-10(8-12)9-21-14-17-16-13(22-14)15-11-6-7-11/h3-5,8,11H,6-7,9H2,1-2H3,(H,15,16). The Hall–Kier alpha value is -1.16. The summed E-state index contributed by atoms with van der Waals surface area (Å²) >= 11 is 3.10. The Labute approximate surface area is 144 Å². The third kappa shape index (κ3) is 4.23. The van der Waals surface area contributed by atoms with Crippen LogP contribution in [0.15, 0.2) is 33.5 Å². The molecule has 0 amide bonds. The topological polar surface area (TPSA) is 75.2 Å². The molecule has 1 aliphatic rings. The molecule has 124 valence electrons. The van der Waals surface area contributed by atoms with E-state index in [0.717, 1.165) is 15.0 Å². The quantitative estimate of drug-likeness (QED) is 0.755. The molecule has 1 aromatic heterocycles. The van der Waals surface area contributed by atoms with E-state index in [4.69, 9.17) is 0 Å². The molecule has 1 fully saturated rings. The van der Waals surface area contributed by atoms with Crippen LogP contribution in [0.5, 0.6) is 0 Å². The first-order chi connectivity index (χ1) is 10.9. The fourth-order valence-electron chi connectivity index (χ4n) is 1.88. The molecule has 1 saturated carbocycles. The van der Waals surface area contributed by atoms with Crippen LogP contribution in [0, 0.1) is 0 Å². The molecule has 23 heavy (non-hydrogen) atoms. The zero-order valence-electron chi connectivity index (χ0n) is 12.9. The van der Waals surface area contributed by atoms with Crippen LogP contribution in [0.4, 0.5) is 5.13 Å². The summed E-state index contributed by atoms with van der Waals surface area (Å²) in [6, 6.07) is 7.59. The molecule has 0 spiro atoms. The second kappa shape index (κ2) is 6.76. The third-order valence-electron chi connectivity index (χ3n) is 3.35. The van der Waals surface area contributed by atoms with Crippen molar-refractivity contribution in [3.63, 3.8) is 0 Å². The van der Waals surface area contributed by atoms with Crippen molar-refractivity contribution in [2.45, 2.75) is 33.9 Å². The van der Waals surface area contributed by atoms with E-state index in [-0.39, 0.29) is 0 Å². The SMILES string of the molecule is CN(C)S(=O)(=O)c1cccc(CSc2nnc(NC3CC3)s2)c1. The smallest absolute Gasteiger partial charge is 0.242 e. The van der Waals surface area contributed by atoms with Crippen LogP contribution in [0.25, 0.3) is 0 Å². The van der Waals surface area contributed by atoms with E-state index in [1.807, 2.05) is 6.07 Å². The van der Waals surface area contributed by atoms with Crippen LogP contribution < -0.4 is 5.32 Å². The van der Waals surface area contributed by atoms with Gasteiger partial charge in [0.05, 0.1) is 4.90 Å². The monoisotopic (exact) mass is 370 g/mol. The Kier molecular flexibility index (Phi) is 4.90. The van der Waals surface area contributed by atoms with E-state index >= 15 is 0 Å². The number of anilines is 1. The number of nitrogens with zero attached hydrogens (tertiary/aromatic N) is 3. The van der Waals surface area contributed by atoms with E-state index < -0.39 is 10.0 Å². The molecule has 0 saturated heterocycles. The Morgan fingerprint density at radius 2 is 2.13 bits per heavy atom. The zero-order valence-corrected chi connectivity index (χ0v) is 15.3. The van der Waals surface area contributed by atoms with Crippen LogP contribution in [-0.4, -0.2) is 43.1 Å². The van der Waals surface area contributed by atoms with Crippen molar-refractivity contribution >= 4 is 38.3 Å². The van der Waals surface area contributed by atoms with Gasteiger partial charge >= 0.3 is 0 Å². The number of thioether (sulfide) groups is 1. The Morgan fingerprint density at radius 3 is 2.83 bits per heavy atom. The van der Waals surface area contributed by atoms with Crippen LogP contribution in [0.2, 0.25) is 0 Å². The molecule has 9 heteroatoms. The lowest BCUT2D eigenvalue weighted by atomic mass is 10.2. The average Bonchev–Trinajstić information content (AvgIpc) is 3.22. The summed E-state index contributed by atoms with van der Waals surface area (Å²) in [5.74, 6) is 0.662. The van der Waals surface area contributed by atoms with Crippen molar-refractivity contribution in [2.75, 3.05) is 19.4 Å². The normalized spacial score (nSPS) is 15.1. The minimum Gasteiger partial charge on any atom is -0.357 e. The Morgan fingerprint density at radius 1 is 1.35 bits per heavy atom. The maximum atomic E-state index is 12.2. The lowest BCUT2D eigenvalue weighted by molar-refractivity contribution is 0.520. The molecular formula is C14H18N4O2S3. The first kappa shape index (κ1) is 16.7. The van der Waals surface area contributed by atoms with Crippen molar-refractivity contribution in [1.82, 2.24) is 14.5 Å². The molecule has 0 aliphatic heterocycles. The number of nitrogens with one attached hydrogen (secondary N) is 1. The Balaban J connectivity index is 1.65. The fraction of sp³-hybridized carbons (Fsp3) is 0.429. The first-order valence-electron chi connectivity index (χ1n) is 7.19. The van der Waals surface area contributed by atoms with Gasteiger partial charge in [-0.05, 0) is 30.5 Å². The number of rotatable bonds is 7. The van der Waals surface area contributed by atoms with E-state index in [9.17, 15) is 8.42 Å². The maximum absolute atomic E-state index is 12.2. The molecule has 0 radical (unpaired) electrons. The molecule has 3 rings (SSSR count). The summed E-state index contributed by atoms with van der Waals surface area (Å²) in [7, 11) is -0.328. The number of hydrogen-bond acceptors (Lipinski definition) is 7. The highest BCUT2D eigenvalue weighted by Crippen LogP contribution is 2.31. The van der Waals surface area contributed by atoms with Gasteiger partial charge in [0.2, 0.25) is 15.2 Å². The molecule has 0 unspecified atom stereocenters. The van der Waals surface area contributed by atoms with Gasteiger partial charge in [0.25, 0.3) is 0 Å². The summed E-state index contributed by atoms with van der Waals surface area (Å²) < 4.78 is 26.4. The second-order valence-electron chi connectivity index (χ2n) is 5.52. The van der Waals surface area contributed by atoms with Crippen LogP contribution in [0.3, 0.4) is 0 Å². The largest absolute Gasteiger partial charge is 0.357 e. The maximum Gasteiger partial charge on any atom is 0.242 e. The minimum atomic E-state index is -3.40. The van der Waals surface area contributed by atoms with Crippen molar-refractivity contribution in [1.29, 1.82) is 0 Å². The molecule has 0 atom stereocenters. The number of benzene rings is 1. The van der Waals surface area contributed by atoms with E-state index in [1.165, 1.54) is 42.6 Å². The van der Waals surface area contributed by atoms with E-state index in [1.54, 1.807) is 30.0 Å². The average molecular weight is 371 g/mol. The second-order valence-corrected chi connectivity index (χ2v) is 9.87. The van der Waals surface area contributed by atoms with Crippen LogP contribution in [-0.2, 0) is 15.8 Å². The van der Waals surface area contributed by atoms with Crippen LogP contribution >= 0.6 is 23.1 Å². The summed E-state index contributed by atoms with van der Waals surface area (Å²) in [5, 5.41) is 12.5. The van der Waals surface area contributed by atoms with Gasteiger partial charge in [0.1, 0.15) is 0 Å². The molecule has 1 N–H and O–H groups in total. The lowest BCUT2D eigenvalue weighted by Gasteiger charge is -2.12. The van der Waals surface area contributed by atoms with Gasteiger partial charge in [-0.15, -0.1) is 10.2 Å². The number of sulfonamides is 1. The van der Waals surface area contributed by atoms with Crippen molar-refractivity contribution < 1.29 is 8.42 Å². The molecule has 1 heterocycles. The third-order valence-corrected chi connectivity index (χ3v) is 7.22. The van der Waals surface area contributed by atoms with Gasteiger partial charge < -0.3 is 5.32 Å². The molecule has 0 bridgehead atoms. The van der Waals surface area contributed by atoms with E-state index in [2.05, 4.69) is 15.5 Å². The number of hydrogen-bond donors (Lipinski definition) is 1. The summed E-state index contributed by atoms with van der Waals surface area (Å²) in [6.07, 6.45) is 2.41. The van der Waals surface area contributed by atoms with Crippen molar-refractivity contribution in [3.8, 4) is 0 Å². The first-order valence-corrected chi connectivity index (χ1v) is 10.4. The highest BCUT2D eigenvalue weighted by Gasteiger charge is 2.22. The van der Waals surface area contributed by atoms with Gasteiger partial charge in [-0.25, -0.2) is 12.7 Å².